The first-order valence-corrected chi connectivity index (χ1v) is 7.12. The van der Waals surface area contributed by atoms with Crippen LogP contribution in [0.2, 0.25) is 0 Å². The molecular weight excluding hydrogens is 286 g/mol. The first-order valence-electron chi connectivity index (χ1n) is 5.64. The van der Waals surface area contributed by atoms with Gasteiger partial charge in [-0.2, -0.15) is 0 Å². The molecule has 4 nitrogen and oxygen atoms in total. The number of aryl methyl sites for hydroxylation is 1. The van der Waals surface area contributed by atoms with E-state index in [-0.39, 0.29) is 10.6 Å². The third kappa shape index (κ3) is 2.72. The fourth-order valence-corrected chi connectivity index (χ4v) is 3.03. The Balaban J connectivity index is 2.46. The summed E-state index contributed by atoms with van der Waals surface area (Å²) < 4.78 is 52.9. The largest absolute Gasteiger partial charge is 0.399 e. The lowest BCUT2D eigenvalue weighted by Crippen LogP contribution is -2.16. The zero-order valence-corrected chi connectivity index (χ0v) is 11.3. The maximum atomic E-state index is 13.5. The summed E-state index contributed by atoms with van der Waals surface area (Å²) in [5.41, 5.74) is 5.80. The summed E-state index contributed by atoms with van der Waals surface area (Å²) in [6.07, 6.45) is 0. The first-order chi connectivity index (χ1) is 9.31. The zero-order valence-electron chi connectivity index (χ0n) is 10.5. The fraction of sp³-hybridized carbons (Fsp3) is 0.0769. The molecule has 3 N–H and O–H groups in total. The number of halogens is 2. The van der Waals surface area contributed by atoms with Crippen LogP contribution in [0.15, 0.2) is 41.3 Å². The van der Waals surface area contributed by atoms with Gasteiger partial charge in [-0.15, -0.1) is 0 Å². The summed E-state index contributed by atoms with van der Waals surface area (Å²) >= 11 is 0. The van der Waals surface area contributed by atoms with E-state index in [0.717, 1.165) is 12.1 Å². The Labute approximate surface area is 115 Å². The maximum absolute atomic E-state index is 13.5. The third-order valence-electron chi connectivity index (χ3n) is 2.70. The summed E-state index contributed by atoms with van der Waals surface area (Å²) in [7, 11) is -4.04. The van der Waals surface area contributed by atoms with Crippen LogP contribution >= 0.6 is 0 Å². The minimum Gasteiger partial charge on any atom is -0.399 e. The van der Waals surface area contributed by atoms with Crippen molar-refractivity contribution < 1.29 is 17.2 Å². The number of sulfonamides is 1. The van der Waals surface area contributed by atoms with Crippen LogP contribution in [0.25, 0.3) is 0 Å². The van der Waals surface area contributed by atoms with E-state index in [9.17, 15) is 17.2 Å². The van der Waals surface area contributed by atoms with Crippen LogP contribution in [0.1, 0.15) is 5.56 Å². The number of nitrogens with two attached hydrogens (primary N) is 1. The van der Waals surface area contributed by atoms with Gasteiger partial charge < -0.3 is 5.73 Å². The van der Waals surface area contributed by atoms with Crippen LogP contribution in [0, 0.1) is 18.6 Å². The molecule has 0 aliphatic rings. The topological polar surface area (TPSA) is 72.2 Å². The van der Waals surface area contributed by atoms with Gasteiger partial charge in [0.25, 0.3) is 10.0 Å². The molecule has 0 aromatic heterocycles. The third-order valence-corrected chi connectivity index (χ3v) is 4.21. The van der Waals surface area contributed by atoms with Crippen LogP contribution in [-0.4, -0.2) is 8.42 Å². The number of nitrogens with one attached hydrogen (secondary N) is 1. The summed E-state index contributed by atoms with van der Waals surface area (Å²) in [4.78, 5) is -0.0823. The smallest absolute Gasteiger partial charge is 0.262 e. The van der Waals surface area contributed by atoms with Gasteiger partial charge in [-0.05, 0) is 36.8 Å². The van der Waals surface area contributed by atoms with Gasteiger partial charge in [0.15, 0.2) is 11.6 Å². The van der Waals surface area contributed by atoms with E-state index >= 15 is 0 Å². The van der Waals surface area contributed by atoms with E-state index in [4.69, 9.17) is 5.73 Å². The molecule has 0 bridgehead atoms. The van der Waals surface area contributed by atoms with Gasteiger partial charge in [0.1, 0.15) is 0 Å². The molecule has 0 atom stereocenters. The van der Waals surface area contributed by atoms with E-state index in [1.807, 2.05) is 4.72 Å². The molecule has 0 unspecified atom stereocenters. The van der Waals surface area contributed by atoms with Crippen molar-refractivity contribution in [3.63, 3.8) is 0 Å². The normalized spacial score (nSPS) is 11.3. The number of anilines is 2. The summed E-state index contributed by atoms with van der Waals surface area (Å²) in [6, 6.07) is 7.59. The Hall–Kier alpha value is -2.15. The van der Waals surface area contributed by atoms with Crippen LogP contribution in [-0.2, 0) is 10.0 Å². The average Bonchev–Trinajstić information content (AvgIpc) is 2.37. The van der Waals surface area contributed by atoms with Crippen molar-refractivity contribution in [3.8, 4) is 0 Å². The fourth-order valence-electron chi connectivity index (χ4n) is 1.69. The zero-order chi connectivity index (χ0) is 14.9. The van der Waals surface area contributed by atoms with Crippen molar-refractivity contribution >= 4 is 21.4 Å². The standard InChI is InChI=1S/C13H12F2N2O2S/c1-8-5-6-9(16)7-12(8)20(18,19)17-11-4-2-3-10(14)13(11)15/h2-7,17H,16H2,1H3. The van der Waals surface area contributed by atoms with Crippen molar-refractivity contribution in [2.45, 2.75) is 11.8 Å². The second-order valence-corrected chi connectivity index (χ2v) is 5.88. The maximum Gasteiger partial charge on any atom is 0.262 e. The van der Waals surface area contributed by atoms with Gasteiger partial charge in [-0.25, -0.2) is 17.2 Å². The molecule has 0 heterocycles. The van der Waals surface area contributed by atoms with Crippen molar-refractivity contribution in [2.75, 3.05) is 10.5 Å². The van der Waals surface area contributed by atoms with Crippen LogP contribution in [0.3, 0.4) is 0 Å². The predicted molar refractivity (Wildman–Crippen MR) is 72.8 cm³/mol. The Morgan fingerprint density at radius 2 is 1.85 bits per heavy atom. The van der Waals surface area contributed by atoms with Crippen LogP contribution in [0.4, 0.5) is 20.2 Å². The molecule has 7 heteroatoms. The summed E-state index contributed by atoms with van der Waals surface area (Å²) in [5.74, 6) is -2.38. The number of nitrogen functional groups attached to an aromatic ring is 1. The number of rotatable bonds is 3. The molecule has 0 radical (unpaired) electrons. The molecule has 0 fully saturated rings. The molecule has 20 heavy (non-hydrogen) atoms. The molecule has 0 saturated heterocycles. The van der Waals surface area contributed by atoms with E-state index in [1.165, 1.54) is 18.2 Å². The molecule has 2 aromatic carbocycles. The Morgan fingerprint density at radius 3 is 2.55 bits per heavy atom. The Kier molecular flexibility index (Phi) is 3.63. The van der Waals surface area contributed by atoms with Crippen molar-refractivity contribution in [3.05, 3.63) is 53.6 Å². The first kappa shape index (κ1) is 14.3. The van der Waals surface area contributed by atoms with Crippen molar-refractivity contribution in [1.82, 2.24) is 0 Å². The highest BCUT2D eigenvalue weighted by Gasteiger charge is 2.20. The molecule has 0 aliphatic carbocycles. The van der Waals surface area contributed by atoms with Crippen LogP contribution < -0.4 is 10.5 Å². The van der Waals surface area contributed by atoms with E-state index in [2.05, 4.69) is 0 Å². The highest BCUT2D eigenvalue weighted by molar-refractivity contribution is 7.92. The number of hydrogen-bond acceptors (Lipinski definition) is 3. The van der Waals surface area contributed by atoms with Gasteiger partial charge in [0.2, 0.25) is 0 Å². The predicted octanol–water partition coefficient (Wildman–Crippen LogP) is 2.66. The van der Waals surface area contributed by atoms with E-state index in [1.54, 1.807) is 13.0 Å². The van der Waals surface area contributed by atoms with Gasteiger partial charge in [0, 0.05) is 5.69 Å². The molecule has 2 rings (SSSR count). The monoisotopic (exact) mass is 298 g/mol. The van der Waals surface area contributed by atoms with Crippen molar-refractivity contribution in [2.24, 2.45) is 0 Å². The highest BCUT2D eigenvalue weighted by Crippen LogP contribution is 2.24. The molecule has 0 aliphatic heterocycles. The Bertz CT molecular complexity index is 761. The molecule has 0 saturated carbocycles. The minimum atomic E-state index is -4.04. The second kappa shape index (κ2) is 5.09. The SMILES string of the molecule is Cc1ccc(N)cc1S(=O)(=O)Nc1cccc(F)c1F. The van der Waals surface area contributed by atoms with E-state index < -0.39 is 27.3 Å². The lowest BCUT2D eigenvalue weighted by atomic mass is 10.2. The lowest BCUT2D eigenvalue weighted by molar-refractivity contribution is 0.511. The highest BCUT2D eigenvalue weighted by atomic mass is 32.2. The van der Waals surface area contributed by atoms with Crippen molar-refractivity contribution in [1.29, 1.82) is 0 Å². The molecule has 106 valence electrons. The van der Waals surface area contributed by atoms with Gasteiger partial charge >= 0.3 is 0 Å². The summed E-state index contributed by atoms with van der Waals surface area (Å²) in [5, 5.41) is 0. The van der Waals surface area contributed by atoms with Crippen LogP contribution in [0.5, 0.6) is 0 Å². The Morgan fingerprint density at radius 1 is 1.15 bits per heavy atom. The molecule has 0 amide bonds. The quantitative estimate of drug-likeness (QED) is 0.856. The van der Waals surface area contributed by atoms with Gasteiger partial charge in [-0.1, -0.05) is 12.1 Å². The van der Waals surface area contributed by atoms with Gasteiger partial charge in [-0.3, -0.25) is 4.72 Å². The van der Waals surface area contributed by atoms with E-state index in [0.29, 0.717) is 5.56 Å². The second-order valence-electron chi connectivity index (χ2n) is 4.23. The lowest BCUT2D eigenvalue weighted by Gasteiger charge is -2.11. The number of benzene rings is 2. The average molecular weight is 298 g/mol. The number of hydrogen-bond donors (Lipinski definition) is 2. The molecule has 0 spiro atoms. The summed E-state index contributed by atoms with van der Waals surface area (Å²) in [6.45, 7) is 1.58. The molecule has 2 aromatic rings. The minimum absolute atomic E-state index is 0.0823. The van der Waals surface area contributed by atoms with Gasteiger partial charge in [0.05, 0.1) is 10.6 Å². The molecular formula is C13H12F2N2O2S.